The van der Waals surface area contributed by atoms with Gasteiger partial charge in [0.05, 0.1) is 12.9 Å². The van der Waals surface area contributed by atoms with Gasteiger partial charge in [0.15, 0.2) is 6.54 Å². The number of thiazole rings is 1. The van der Waals surface area contributed by atoms with Gasteiger partial charge < -0.3 is 4.74 Å². The monoisotopic (exact) mass is 358 g/mol. The molecule has 0 saturated carbocycles. The Hall–Kier alpha value is -1.22. The van der Waals surface area contributed by atoms with Gasteiger partial charge in [0.2, 0.25) is 10.5 Å². The molecule has 2 heterocycles. The summed E-state index contributed by atoms with van der Waals surface area (Å²) in [5.74, 6) is 0.635. The van der Waals surface area contributed by atoms with E-state index in [2.05, 4.69) is 4.57 Å². The number of nitrogens with zero attached hydrogens (tertiary/aromatic N) is 1. The SMILES string of the molecule is COc1cc2sc(C)[n+](CCCS(=O)(=O)O)c2c2sccc12. The Balaban J connectivity index is 2.10. The summed E-state index contributed by atoms with van der Waals surface area (Å²) < 4.78 is 40.5. The summed E-state index contributed by atoms with van der Waals surface area (Å²) in [5, 5.41) is 4.21. The Morgan fingerprint density at radius 3 is 2.86 bits per heavy atom. The standard InChI is InChI=1S/C14H15NO4S3/c1-9-15(5-3-7-22(16,17)18)13-12(21-9)8-11(19-2)10-4-6-20-14(10)13/h4,6,8H,3,5,7H2,1-2H3/p+1. The lowest BCUT2D eigenvalue weighted by Crippen LogP contribution is -2.36. The van der Waals surface area contributed by atoms with Gasteiger partial charge in [-0.1, -0.05) is 11.3 Å². The molecule has 0 bridgehead atoms. The zero-order chi connectivity index (χ0) is 15.9. The van der Waals surface area contributed by atoms with Crippen LogP contribution in [0.15, 0.2) is 17.5 Å². The molecule has 0 spiro atoms. The molecule has 2 aromatic heterocycles. The highest BCUT2D eigenvalue weighted by Crippen LogP contribution is 2.38. The molecule has 0 atom stereocenters. The maximum atomic E-state index is 10.9. The van der Waals surface area contributed by atoms with Crippen LogP contribution in [0.5, 0.6) is 5.75 Å². The average Bonchev–Trinajstić information content (AvgIpc) is 3.01. The van der Waals surface area contributed by atoms with E-state index in [0.717, 1.165) is 31.1 Å². The Morgan fingerprint density at radius 2 is 2.18 bits per heavy atom. The van der Waals surface area contributed by atoms with E-state index in [4.69, 9.17) is 9.29 Å². The Labute approximate surface area is 136 Å². The molecule has 0 aliphatic rings. The third-order valence-electron chi connectivity index (χ3n) is 3.55. The van der Waals surface area contributed by atoms with Gasteiger partial charge in [-0.25, -0.2) is 0 Å². The van der Waals surface area contributed by atoms with Gasteiger partial charge >= 0.3 is 0 Å². The summed E-state index contributed by atoms with van der Waals surface area (Å²) >= 11 is 3.31. The Bertz CT molecular complexity index is 940. The van der Waals surface area contributed by atoms with Crippen molar-refractivity contribution in [3.63, 3.8) is 0 Å². The second-order valence-corrected chi connectivity index (χ2v) is 8.72. The van der Waals surface area contributed by atoms with E-state index in [0.29, 0.717) is 13.0 Å². The topological polar surface area (TPSA) is 67.5 Å². The van der Waals surface area contributed by atoms with E-state index >= 15 is 0 Å². The van der Waals surface area contributed by atoms with Crippen LogP contribution in [0.3, 0.4) is 0 Å². The van der Waals surface area contributed by atoms with Gasteiger partial charge in [-0.15, -0.1) is 11.3 Å². The Kier molecular flexibility index (Phi) is 4.11. The summed E-state index contributed by atoms with van der Waals surface area (Å²) in [6.07, 6.45) is 0.384. The third-order valence-corrected chi connectivity index (χ3v) is 6.33. The van der Waals surface area contributed by atoms with Gasteiger partial charge in [-0.2, -0.15) is 13.0 Å². The number of aromatic nitrogens is 1. The normalized spacial score (nSPS) is 12.3. The molecule has 0 aliphatic carbocycles. The molecule has 3 aromatic rings. The lowest BCUT2D eigenvalue weighted by atomic mass is 10.2. The molecule has 0 radical (unpaired) electrons. The number of ether oxygens (including phenoxy) is 1. The minimum absolute atomic E-state index is 0.222. The molecular formula is C14H16NO4S3+. The van der Waals surface area contributed by atoms with E-state index in [-0.39, 0.29) is 5.75 Å². The van der Waals surface area contributed by atoms with E-state index in [1.54, 1.807) is 29.8 Å². The predicted molar refractivity (Wildman–Crippen MR) is 89.7 cm³/mol. The fourth-order valence-corrected chi connectivity index (χ4v) is 5.22. The number of rotatable bonds is 5. The molecule has 3 rings (SSSR count). The van der Waals surface area contributed by atoms with Crippen LogP contribution in [0.4, 0.5) is 0 Å². The van der Waals surface area contributed by atoms with Gasteiger partial charge in [0.1, 0.15) is 15.1 Å². The first kappa shape index (κ1) is 15.7. The molecule has 0 fully saturated rings. The van der Waals surface area contributed by atoms with Crippen molar-refractivity contribution in [2.45, 2.75) is 19.9 Å². The molecule has 1 aromatic carbocycles. The highest BCUT2D eigenvalue weighted by Gasteiger charge is 2.23. The summed E-state index contributed by atoms with van der Waals surface area (Å²) in [6, 6.07) is 4.06. The molecule has 0 saturated heterocycles. The fourth-order valence-electron chi connectivity index (χ4n) is 2.61. The third kappa shape index (κ3) is 2.83. The number of hydrogen-bond donors (Lipinski definition) is 1. The number of benzene rings is 1. The molecule has 118 valence electrons. The van der Waals surface area contributed by atoms with Crippen LogP contribution in [-0.2, 0) is 16.7 Å². The van der Waals surface area contributed by atoms with E-state index in [1.165, 1.54) is 0 Å². The molecule has 0 unspecified atom stereocenters. The molecule has 1 N–H and O–H groups in total. The molecule has 8 heteroatoms. The van der Waals surface area contributed by atoms with Crippen molar-refractivity contribution in [3.05, 3.63) is 22.5 Å². The van der Waals surface area contributed by atoms with Crippen molar-refractivity contribution in [3.8, 4) is 5.75 Å². The van der Waals surface area contributed by atoms with Crippen molar-refractivity contribution in [2.24, 2.45) is 0 Å². The molecule has 5 nitrogen and oxygen atoms in total. The zero-order valence-electron chi connectivity index (χ0n) is 12.2. The smallest absolute Gasteiger partial charge is 0.265 e. The van der Waals surface area contributed by atoms with E-state index in [9.17, 15) is 8.42 Å². The Morgan fingerprint density at radius 1 is 1.41 bits per heavy atom. The van der Waals surface area contributed by atoms with Crippen molar-refractivity contribution in [1.82, 2.24) is 0 Å². The molecule has 0 aliphatic heterocycles. The lowest BCUT2D eigenvalue weighted by molar-refractivity contribution is -0.672. The minimum atomic E-state index is -3.91. The summed E-state index contributed by atoms with van der Waals surface area (Å²) in [7, 11) is -2.25. The number of hydrogen-bond acceptors (Lipinski definition) is 5. The minimum Gasteiger partial charge on any atom is -0.496 e. The van der Waals surface area contributed by atoms with Crippen LogP contribution in [-0.4, -0.2) is 25.8 Å². The number of aryl methyl sites for hydroxylation is 2. The molecule has 0 amide bonds. The number of fused-ring (bicyclic) bond motifs is 3. The van der Waals surface area contributed by atoms with Gasteiger partial charge in [-0.3, -0.25) is 4.55 Å². The second-order valence-electron chi connectivity index (χ2n) is 5.00. The summed E-state index contributed by atoms with van der Waals surface area (Å²) in [6.45, 7) is 2.58. The highest BCUT2D eigenvalue weighted by atomic mass is 32.2. The summed E-state index contributed by atoms with van der Waals surface area (Å²) in [5.41, 5.74) is 1.11. The maximum absolute atomic E-state index is 10.9. The van der Waals surface area contributed by atoms with Crippen LogP contribution < -0.4 is 9.30 Å². The van der Waals surface area contributed by atoms with Crippen LogP contribution in [0.25, 0.3) is 20.3 Å². The van der Waals surface area contributed by atoms with Gasteiger partial charge in [-0.05, 0) is 11.4 Å². The predicted octanol–water partition coefficient (Wildman–Crippen LogP) is 3.00. The van der Waals surface area contributed by atoms with Crippen LogP contribution in [0.1, 0.15) is 11.4 Å². The first-order valence-corrected chi connectivity index (χ1v) is 10.0. The van der Waals surface area contributed by atoms with Crippen LogP contribution in [0, 0.1) is 6.92 Å². The van der Waals surface area contributed by atoms with E-state index in [1.807, 2.05) is 24.4 Å². The van der Waals surface area contributed by atoms with Gasteiger partial charge in [0.25, 0.3) is 10.1 Å². The van der Waals surface area contributed by atoms with Crippen molar-refractivity contribution >= 4 is 53.1 Å². The van der Waals surface area contributed by atoms with Gasteiger partial charge in [0, 0.05) is 24.8 Å². The highest BCUT2D eigenvalue weighted by molar-refractivity contribution is 7.85. The first-order chi connectivity index (χ1) is 10.4. The quantitative estimate of drug-likeness (QED) is 0.562. The fraction of sp³-hybridized carbons (Fsp3) is 0.357. The van der Waals surface area contributed by atoms with Crippen LogP contribution >= 0.6 is 22.7 Å². The van der Waals surface area contributed by atoms with Crippen molar-refractivity contribution in [1.29, 1.82) is 0 Å². The lowest BCUT2D eigenvalue weighted by Gasteiger charge is -2.02. The summed E-state index contributed by atoms with van der Waals surface area (Å²) in [4.78, 5) is 0. The maximum Gasteiger partial charge on any atom is 0.265 e. The number of thiophene rings is 1. The average molecular weight is 358 g/mol. The number of methoxy groups -OCH3 is 1. The largest absolute Gasteiger partial charge is 0.496 e. The molecular weight excluding hydrogens is 342 g/mol. The van der Waals surface area contributed by atoms with E-state index < -0.39 is 10.1 Å². The second kappa shape index (κ2) is 5.77. The van der Waals surface area contributed by atoms with Crippen molar-refractivity contribution < 1.29 is 22.3 Å². The zero-order valence-corrected chi connectivity index (χ0v) is 14.6. The van der Waals surface area contributed by atoms with Crippen molar-refractivity contribution in [2.75, 3.05) is 12.9 Å². The van der Waals surface area contributed by atoms with Crippen LogP contribution in [0.2, 0.25) is 0 Å². The molecule has 22 heavy (non-hydrogen) atoms. The first-order valence-electron chi connectivity index (χ1n) is 6.73.